The molecule has 1 fully saturated rings. The predicted octanol–water partition coefficient (Wildman–Crippen LogP) is 2.82. The van der Waals surface area contributed by atoms with E-state index < -0.39 is 0 Å². The van der Waals surface area contributed by atoms with Crippen LogP contribution in [0, 0.1) is 5.92 Å². The predicted molar refractivity (Wildman–Crippen MR) is 76.8 cm³/mol. The van der Waals surface area contributed by atoms with E-state index in [1.165, 1.54) is 31.4 Å². The summed E-state index contributed by atoms with van der Waals surface area (Å²) in [6, 6.07) is 4.34. The first-order valence-electron chi connectivity index (χ1n) is 7.24. The summed E-state index contributed by atoms with van der Waals surface area (Å²) in [5.74, 6) is 2.00. The molecule has 100 valence electrons. The number of hydrogen-bond acceptors (Lipinski definition) is 3. The number of nitrogens with one attached hydrogen (secondary N) is 1. The van der Waals surface area contributed by atoms with E-state index in [9.17, 15) is 0 Å². The van der Waals surface area contributed by atoms with E-state index in [1.54, 1.807) is 0 Å². The summed E-state index contributed by atoms with van der Waals surface area (Å²) in [6.45, 7) is 8.72. The third-order valence-electron chi connectivity index (χ3n) is 3.81. The third kappa shape index (κ3) is 3.45. The molecule has 1 N–H and O–H groups in total. The van der Waals surface area contributed by atoms with Crippen molar-refractivity contribution < 1.29 is 0 Å². The van der Waals surface area contributed by atoms with Crippen molar-refractivity contribution in [2.75, 3.05) is 24.5 Å². The molecule has 0 aliphatic carbocycles. The van der Waals surface area contributed by atoms with Gasteiger partial charge >= 0.3 is 0 Å². The molecule has 0 saturated carbocycles. The second kappa shape index (κ2) is 6.74. The number of piperidine rings is 1. The zero-order valence-electron chi connectivity index (χ0n) is 11.7. The summed E-state index contributed by atoms with van der Waals surface area (Å²) in [4.78, 5) is 6.99. The summed E-state index contributed by atoms with van der Waals surface area (Å²) < 4.78 is 0. The first-order valence-corrected chi connectivity index (χ1v) is 7.24. The lowest BCUT2D eigenvalue weighted by Gasteiger charge is -2.33. The average molecular weight is 247 g/mol. The molecule has 3 nitrogen and oxygen atoms in total. The van der Waals surface area contributed by atoms with Gasteiger partial charge in [0, 0.05) is 25.8 Å². The Balaban J connectivity index is 2.02. The van der Waals surface area contributed by atoms with E-state index in [-0.39, 0.29) is 0 Å². The minimum atomic E-state index is 0.845. The molecule has 0 aromatic carbocycles. The first-order chi connectivity index (χ1) is 8.83. The molecule has 1 aliphatic rings. The van der Waals surface area contributed by atoms with Gasteiger partial charge in [-0.05, 0) is 43.0 Å². The van der Waals surface area contributed by atoms with Gasteiger partial charge in [0.15, 0.2) is 0 Å². The van der Waals surface area contributed by atoms with E-state index >= 15 is 0 Å². The summed E-state index contributed by atoms with van der Waals surface area (Å²) in [5, 5.41) is 3.37. The molecule has 0 amide bonds. The fraction of sp³-hybridized carbons (Fsp3) is 0.667. The zero-order valence-corrected chi connectivity index (χ0v) is 11.7. The van der Waals surface area contributed by atoms with Crippen molar-refractivity contribution in [3.05, 3.63) is 23.9 Å². The second-order valence-corrected chi connectivity index (χ2v) is 5.17. The van der Waals surface area contributed by atoms with Crippen LogP contribution in [0.1, 0.15) is 38.7 Å². The molecule has 0 spiro atoms. The number of pyridine rings is 1. The van der Waals surface area contributed by atoms with Gasteiger partial charge in [0.2, 0.25) is 0 Å². The van der Waals surface area contributed by atoms with E-state index in [0.717, 1.165) is 31.4 Å². The quantitative estimate of drug-likeness (QED) is 0.867. The fourth-order valence-electron chi connectivity index (χ4n) is 2.62. The summed E-state index contributed by atoms with van der Waals surface area (Å²) in [7, 11) is 0. The summed E-state index contributed by atoms with van der Waals surface area (Å²) in [5.41, 5.74) is 1.33. The molecular formula is C15H25N3. The van der Waals surface area contributed by atoms with Gasteiger partial charge in [0.1, 0.15) is 5.82 Å². The van der Waals surface area contributed by atoms with Gasteiger partial charge in [-0.2, -0.15) is 0 Å². The normalized spacial score (nSPS) is 20.1. The van der Waals surface area contributed by atoms with Crippen LogP contribution in [0.2, 0.25) is 0 Å². The van der Waals surface area contributed by atoms with E-state index in [0.29, 0.717) is 0 Å². The molecule has 2 rings (SSSR count). The first kappa shape index (κ1) is 13.3. The van der Waals surface area contributed by atoms with Gasteiger partial charge < -0.3 is 10.2 Å². The number of anilines is 1. The average Bonchev–Trinajstić information content (AvgIpc) is 2.45. The number of rotatable bonds is 5. The highest BCUT2D eigenvalue weighted by molar-refractivity contribution is 5.41. The van der Waals surface area contributed by atoms with Crippen molar-refractivity contribution >= 4 is 5.82 Å². The monoisotopic (exact) mass is 247 g/mol. The highest BCUT2D eigenvalue weighted by Gasteiger charge is 2.19. The Bertz CT molecular complexity index is 365. The maximum atomic E-state index is 4.54. The van der Waals surface area contributed by atoms with Crippen molar-refractivity contribution in [1.29, 1.82) is 0 Å². The standard InChI is InChI=1S/C15H25N3/c1-3-13-6-5-9-18(12-13)15-10-14(7-8-17-15)11-16-4-2/h7-8,10,13,16H,3-6,9,11-12H2,1-2H3. The van der Waals surface area contributed by atoms with Crippen LogP contribution >= 0.6 is 0 Å². The SMILES string of the molecule is CCNCc1ccnc(N2CCCC(CC)C2)c1. The lowest BCUT2D eigenvalue weighted by molar-refractivity contribution is 0.403. The number of nitrogens with zero attached hydrogens (tertiary/aromatic N) is 2. The van der Waals surface area contributed by atoms with E-state index in [2.05, 4.69) is 41.2 Å². The second-order valence-electron chi connectivity index (χ2n) is 5.17. The van der Waals surface area contributed by atoms with Gasteiger partial charge in [0.05, 0.1) is 0 Å². The van der Waals surface area contributed by atoms with Crippen molar-refractivity contribution in [3.8, 4) is 0 Å². The van der Waals surface area contributed by atoms with Gasteiger partial charge in [-0.1, -0.05) is 20.3 Å². The van der Waals surface area contributed by atoms with Gasteiger partial charge in [-0.3, -0.25) is 0 Å². The topological polar surface area (TPSA) is 28.2 Å². The van der Waals surface area contributed by atoms with Crippen molar-refractivity contribution in [1.82, 2.24) is 10.3 Å². The van der Waals surface area contributed by atoms with Crippen LogP contribution in [0.25, 0.3) is 0 Å². The number of aromatic nitrogens is 1. The molecule has 1 aliphatic heterocycles. The minimum Gasteiger partial charge on any atom is -0.356 e. The largest absolute Gasteiger partial charge is 0.356 e. The molecule has 0 bridgehead atoms. The highest BCUT2D eigenvalue weighted by atomic mass is 15.2. The van der Waals surface area contributed by atoms with Crippen LogP contribution < -0.4 is 10.2 Å². The maximum Gasteiger partial charge on any atom is 0.128 e. The minimum absolute atomic E-state index is 0.845. The van der Waals surface area contributed by atoms with Crippen LogP contribution in [0.4, 0.5) is 5.82 Å². The zero-order chi connectivity index (χ0) is 12.8. The smallest absolute Gasteiger partial charge is 0.128 e. The van der Waals surface area contributed by atoms with E-state index in [1.807, 2.05) is 6.20 Å². The summed E-state index contributed by atoms with van der Waals surface area (Å²) >= 11 is 0. The lowest BCUT2D eigenvalue weighted by atomic mass is 9.95. The Morgan fingerprint density at radius 3 is 3.11 bits per heavy atom. The van der Waals surface area contributed by atoms with Crippen LogP contribution in [0.15, 0.2) is 18.3 Å². The van der Waals surface area contributed by atoms with Gasteiger partial charge in [-0.25, -0.2) is 4.98 Å². The van der Waals surface area contributed by atoms with Crippen molar-refractivity contribution in [2.24, 2.45) is 5.92 Å². The molecule has 1 aromatic heterocycles. The highest BCUT2D eigenvalue weighted by Crippen LogP contribution is 2.23. The van der Waals surface area contributed by atoms with Crippen LogP contribution in [-0.4, -0.2) is 24.6 Å². The van der Waals surface area contributed by atoms with Gasteiger partial charge in [0.25, 0.3) is 0 Å². The van der Waals surface area contributed by atoms with Crippen LogP contribution in [-0.2, 0) is 6.54 Å². The Morgan fingerprint density at radius 1 is 1.44 bits per heavy atom. The molecular weight excluding hydrogens is 222 g/mol. The number of hydrogen-bond donors (Lipinski definition) is 1. The van der Waals surface area contributed by atoms with Crippen LogP contribution in [0.5, 0.6) is 0 Å². The van der Waals surface area contributed by atoms with E-state index in [4.69, 9.17) is 0 Å². The van der Waals surface area contributed by atoms with Crippen molar-refractivity contribution in [2.45, 2.75) is 39.7 Å². The molecule has 1 aromatic rings. The Hall–Kier alpha value is -1.09. The molecule has 3 heteroatoms. The fourth-order valence-corrected chi connectivity index (χ4v) is 2.62. The Labute approximate surface area is 111 Å². The maximum absolute atomic E-state index is 4.54. The summed E-state index contributed by atoms with van der Waals surface area (Å²) in [6.07, 6.45) is 5.91. The Morgan fingerprint density at radius 2 is 2.33 bits per heavy atom. The van der Waals surface area contributed by atoms with Crippen LogP contribution in [0.3, 0.4) is 0 Å². The Kier molecular flexibility index (Phi) is 5.00. The lowest BCUT2D eigenvalue weighted by Crippen LogP contribution is -2.35. The molecule has 2 heterocycles. The molecule has 0 radical (unpaired) electrons. The van der Waals surface area contributed by atoms with Crippen molar-refractivity contribution in [3.63, 3.8) is 0 Å². The molecule has 1 atom stereocenters. The molecule has 1 saturated heterocycles. The molecule has 18 heavy (non-hydrogen) atoms. The molecule has 1 unspecified atom stereocenters. The van der Waals surface area contributed by atoms with Gasteiger partial charge in [-0.15, -0.1) is 0 Å². The third-order valence-corrected chi connectivity index (χ3v) is 3.81.